The Bertz CT molecular complexity index is 550. The van der Waals surface area contributed by atoms with E-state index in [1.165, 1.54) is 4.31 Å². The molecular formula is C10H15ClN2O4S2. The summed E-state index contributed by atoms with van der Waals surface area (Å²) in [7, 11) is -3.70. The van der Waals surface area contributed by atoms with Crippen LogP contribution in [0.25, 0.3) is 0 Å². The van der Waals surface area contributed by atoms with E-state index in [0.29, 0.717) is 25.9 Å². The molecule has 0 saturated heterocycles. The lowest BCUT2D eigenvalue weighted by Gasteiger charge is -2.19. The molecule has 1 aromatic rings. The summed E-state index contributed by atoms with van der Waals surface area (Å²) in [5.74, 6) is 0. The monoisotopic (exact) mass is 326 g/mol. The van der Waals surface area contributed by atoms with Gasteiger partial charge in [-0.3, -0.25) is 10.1 Å². The minimum Gasteiger partial charge on any atom is -0.258 e. The average Bonchev–Trinajstić information content (AvgIpc) is 2.72. The minimum atomic E-state index is -3.70. The summed E-state index contributed by atoms with van der Waals surface area (Å²) in [4.78, 5) is 10.0. The highest BCUT2D eigenvalue weighted by Gasteiger charge is 2.29. The summed E-state index contributed by atoms with van der Waals surface area (Å²) in [6.07, 6.45) is 1.36. The van der Waals surface area contributed by atoms with E-state index in [1.54, 1.807) is 0 Å². The van der Waals surface area contributed by atoms with Crippen molar-refractivity contribution in [2.24, 2.45) is 0 Å². The molecule has 19 heavy (non-hydrogen) atoms. The molecule has 0 saturated carbocycles. The zero-order chi connectivity index (χ0) is 14.6. The zero-order valence-electron chi connectivity index (χ0n) is 10.6. The lowest BCUT2D eigenvalue weighted by molar-refractivity contribution is -0.384. The van der Waals surface area contributed by atoms with E-state index in [9.17, 15) is 18.5 Å². The fraction of sp³-hybridized carbons (Fsp3) is 0.600. The summed E-state index contributed by atoms with van der Waals surface area (Å²) in [6.45, 7) is 4.53. The molecule has 108 valence electrons. The van der Waals surface area contributed by atoms with E-state index >= 15 is 0 Å². The quantitative estimate of drug-likeness (QED) is 0.569. The predicted octanol–water partition coefficient (Wildman–Crippen LogP) is 3.12. The Morgan fingerprint density at radius 1 is 1.37 bits per heavy atom. The summed E-state index contributed by atoms with van der Waals surface area (Å²) in [6, 6.07) is 1.03. The van der Waals surface area contributed by atoms with Crippen molar-refractivity contribution in [3.63, 3.8) is 0 Å². The van der Waals surface area contributed by atoms with Crippen molar-refractivity contribution in [2.75, 3.05) is 13.1 Å². The van der Waals surface area contributed by atoms with Crippen molar-refractivity contribution < 1.29 is 13.3 Å². The third-order valence-electron chi connectivity index (χ3n) is 2.38. The Hall–Kier alpha value is -0.700. The number of nitro groups is 1. The zero-order valence-corrected chi connectivity index (χ0v) is 13.0. The van der Waals surface area contributed by atoms with Gasteiger partial charge in [-0.15, -0.1) is 11.3 Å². The largest absolute Gasteiger partial charge is 0.300 e. The van der Waals surface area contributed by atoms with Gasteiger partial charge in [0.1, 0.15) is 4.21 Å². The molecule has 1 aromatic heterocycles. The smallest absolute Gasteiger partial charge is 0.258 e. The maximum atomic E-state index is 12.4. The van der Waals surface area contributed by atoms with E-state index < -0.39 is 14.9 Å². The van der Waals surface area contributed by atoms with Crippen molar-refractivity contribution in [1.82, 2.24) is 4.31 Å². The second kappa shape index (κ2) is 6.65. The van der Waals surface area contributed by atoms with Gasteiger partial charge in [0.25, 0.3) is 15.7 Å². The maximum Gasteiger partial charge on any atom is 0.300 e. The second-order valence-corrected chi connectivity index (χ2v) is 7.70. The van der Waals surface area contributed by atoms with Crippen molar-refractivity contribution >= 4 is 38.6 Å². The second-order valence-electron chi connectivity index (χ2n) is 3.89. The number of thiophene rings is 1. The Morgan fingerprint density at radius 3 is 2.26 bits per heavy atom. The topological polar surface area (TPSA) is 80.5 Å². The third-order valence-corrected chi connectivity index (χ3v) is 6.07. The molecule has 0 aliphatic heterocycles. The molecule has 1 heterocycles. The highest BCUT2D eigenvalue weighted by molar-refractivity contribution is 7.91. The first kappa shape index (κ1) is 16.4. The fourth-order valence-electron chi connectivity index (χ4n) is 1.57. The number of nitrogens with zero attached hydrogens (tertiary/aromatic N) is 2. The van der Waals surface area contributed by atoms with Gasteiger partial charge in [0, 0.05) is 19.2 Å². The Labute approximate surface area is 121 Å². The van der Waals surface area contributed by atoms with Gasteiger partial charge < -0.3 is 0 Å². The summed E-state index contributed by atoms with van der Waals surface area (Å²) < 4.78 is 25.9. The van der Waals surface area contributed by atoms with E-state index in [2.05, 4.69) is 0 Å². The van der Waals surface area contributed by atoms with Crippen molar-refractivity contribution in [1.29, 1.82) is 0 Å². The van der Waals surface area contributed by atoms with Crippen LogP contribution in [0.1, 0.15) is 26.7 Å². The summed E-state index contributed by atoms with van der Waals surface area (Å²) in [5.41, 5.74) is -0.363. The molecule has 0 aliphatic carbocycles. The van der Waals surface area contributed by atoms with E-state index in [4.69, 9.17) is 11.6 Å². The van der Waals surface area contributed by atoms with Crippen LogP contribution in [0.4, 0.5) is 5.69 Å². The van der Waals surface area contributed by atoms with Crippen LogP contribution in [0.15, 0.2) is 10.3 Å². The van der Waals surface area contributed by atoms with Crippen molar-refractivity contribution in [2.45, 2.75) is 30.9 Å². The van der Waals surface area contributed by atoms with Gasteiger partial charge in [0.2, 0.25) is 0 Å². The van der Waals surface area contributed by atoms with Crippen molar-refractivity contribution in [3.8, 4) is 0 Å². The average molecular weight is 327 g/mol. The first-order valence-corrected chi connectivity index (χ1v) is 8.41. The van der Waals surface area contributed by atoms with Crippen LogP contribution in [0.3, 0.4) is 0 Å². The Balaban J connectivity index is 3.17. The van der Waals surface area contributed by atoms with Gasteiger partial charge in [0.15, 0.2) is 4.34 Å². The summed E-state index contributed by atoms with van der Waals surface area (Å²) in [5, 5.41) is 10.7. The van der Waals surface area contributed by atoms with Crippen LogP contribution in [-0.2, 0) is 10.0 Å². The molecule has 0 atom stereocenters. The first-order valence-electron chi connectivity index (χ1n) is 5.78. The SMILES string of the molecule is CCCN(CCC)S(=O)(=O)c1cc([N+](=O)[O-])c(Cl)s1. The summed E-state index contributed by atoms with van der Waals surface area (Å²) >= 11 is 6.42. The molecule has 0 bridgehead atoms. The number of rotatable bonds is 7. The maximum absolute atomic E-state index is 12.4. The highest BCUT2D eigenvalue weighted by atomic mass is 35.5. The standard InChI is InChI=1S/C10H15ClN2O4S2/c1-3-5-12(6-4-2)19(16,17)9-7-8(13(14)15)10(11)18-9/h7H,3-6H2,1-2H3. The van der Waals surface area contributed by atoms with Crippen LogP contribution < -0.4 is 0 Å². The van der Waals surface area contributed by atoms with E-state index in [0.717, 1.165) is 17.4 Å². The molecule has 0 radical (unpaired) electrons. The van der Waals surface area contributed by atoms with E-state index in [-0.39, 0.29) is 14.2 Å². The fourth-order valence-corrected chi connectivity index (χ4v) is 5.01. The van der Waals surface area contributed by atoms with Gasteiger partial charge in [-0.25, -0.2) is 8.42 Å². The molecule has 0 aromatic carbocycles. The van der Waals surface area contributed by atoms with E-state index in [1.807, 2.05) is 13.8 Å². The van der Waals surface area contributed by atoms with Crippen LogP contribution in [0.5, 0.6) is 0 Å². The molecular weight excluding hydrogens is 312 g/mol. The number of hydrogen-bond acceptors (Lipinski definition) is 5. The van der Waals surface area contributed by atoms with Crippen molar-refractivity contribution in [3.05, 3.63) is 20.5 Å². The van der Waals surface area contributed by atoms with Crippen LogP contribution >= 0.6 is 22.9 Å². The molecule has 0 unspecified atom stereocenters. The number of sulfonamides is 1. The number of hydrogen-bond donors (Lipinski definition) is 0. The lowest BCUT2D eigenvalue weighted by Crippen LogP contribution is -2.32. The van der Waals surface area contributed by atoms with Crippen LogP contribution in [0, 0.1) is 10.1 Å². The molecule has 6 nitrogen and oxygen atoms in total. The molecule has 0 spiro atoms. The van der Waals surface area contributed by atoms with Crippen LogP contribution in [-0.4, -0.2) is 30.7 Å². The Kier molecular flexibility index (Phi) is 5.72. The van der Waals surface area contributed by atoms with Gasteiger partial charge in [0.05, 0.1) is 4.92 Å². The van der Waals surface area contributed by atoms with Crippen LogP contribution in [0.2, 0.25) is 4.34 Å². The van der Waals surface area contributed by atoms with Gasteiger partial charge in [-0.2, -0.15) is 4.31 Å². The number of halogens is 1. The van der Waals surface area contributed by atoms with Gasteiger partial charge in [-0.1, -0.05) is 25.4 Å². The molecule has 0 aliphatic rings. The third kappa shape index (κ3) is 3.65. The van der Waals surface area contributed by atoms with Gasteiger partial charge in [-0.05, 0) is 12.8 Å². The van der Waals surface area contributed by atoms with Gasteiger partial charge >= 0.3 is 0 Å². The lowest BCUT2D eigenvalue weighted by atomic mass is 10.4. The molecule has 9 heteroatoms. The Morgan fingerprint density at radius 2 is 1.89 bits per heavy atom. The normalized spacial score (nSPS) is 12.0. The minimum absolute atomic E-state index is 0.0777. The highest BCUT2D eigenvalue weighted by Crippen LogP contribution is 2.37. The predicted molar refractivity (Wildman–Crippen MR) is 75.3 cm³/mol. The first-order chi connectivity index (χ1) is 8.84. The molecule has 0 fully saturated rings. The molecule has 0 amide bonds. The molecule has 0 N–H and O–H groups in total. The molecule has 1 rings (SSSR count).